The Kier molecular flexibility index (Phi) is 9.27. The number of aryl methyl sites for hydroxylation is 1. The fourth-order valence-electron chi connectivity index (χ4n) is 3.60. The van der Waals surface area contributed by atoms with Crippen molar-refractivity contribution >= 4 is 21.6 Å². The standard InChI is InChI=1S/C23H33N5O3S/c1-5-6-7-19(11-13-32(4,29)30)27-22-20(16(2)26-23(25)28-22)15-18-14-17(10-12-24)8-9-21(18)31-3/h8-9,14,19H,5-7,10-11,13,15H2,1-4H3,(H3,25,26,27,28)/t19-/m0/s1. The summed E-state index contributed by atoms with van der Waals surface area (Å²) < 4.78 is 29.0. The summed E-state index contributed by atoms with van der Waals surface area (Å²) in [5.74, 6) is 1.59. The van der Waals surface area contributed by atoms with Crippen LogP contribution >= 0.6 is 0 Å². The van der Waals surface area contributed by atoms with Crippen molar-refractivity contribution in [2.24, 2.45) is 0 Å². The molecule has 0 saturated heterocycles. The third-order valence-corrected chi connectivity index (χ3v) is 6.29. The molecule has 0 fully saturated rings. The smallest absolute Gasteiger partial charge is 0.222 e. The molecule has 174 valence electrons. The molecule has 1 aromatic carbocycles. The molecule has 0 aliphatic carbocycles. The van der Waals surface area contributed by atoms with Crippen molar-refractivity contribution in [1.82, 2.24) is 9.97 Å². The van der Waals surface area contributed by atoms with E-state index < -0.39 is 9.84 Å². The number of sulfone groups is 1. The Hall–Kier alpha value is -2.86. The van der Waals surface area contributed by atoms with E-state index in [1.807, 2.05) is 25.1 Å². The molecule has 2 aromatic rings. The van der Waals surface area contributed by atoms with Gasteiger partial charge in [-0.1, -0.05) is 31.9 Å². The number of nitrogen functional groups attached to an aromatic ring is 1. The first-order chi connectivity index (χ1) is 15.2. The summed E-state index contributed by atoms with van der Waals surface area (Å²) >= 11 is 0. The number of hydrogen-bond acceptors (Lipinski definition) is 8. The molecule has 0 saturated carbocycles. The number of nitriles is 1. The zero-order valence-electron chi connectivity index (χ0n) is 19.3. The van der Waals surface area contributed by atoms with Crippen molar-refractivity contribution < 1.29 is 13.2 Å². The van der Waals surface area contributed by atoms with Crippen molar-refractivity contribution in [3.05, 3.63) is 40.6 Å². The minimum Gasteiger partial charge on any atom is -0.496 e. The SMILES string of the molecule is CCCC[C@@H](CCS(C)(=O)=O)Nc1nc(N)nc(C)c1Cc1cc(CC#N)ccc1OC. The molecule has 0 radical (unpaired) electrons. The third-order valence-electron chi connectivity index (χ3n) is 5.31. The van der Waals surface area contributed by atoms with Crippen LogP contribution in [-0.2, 0) is 22.7 Å². The zero-order valence-corrected chi connectivity index (χ0v) is 20.1. The summed E-state index contributed by atoms with van der Waals surface area (Å²) in [4.78, 5) is 8.79. The van der Waals surface area contributed by atoms with Crippen LogP contribution < -0.4 is 15.8 Å². The Morgan fingerprint density at radius 1 is 1.28 bits per heavy atom. The van der Waals surface area contributed by atoms with Crippen LogP contribution in [0.5, 0.6) is 5.75 Å². The zero-order chi connectivity index (χ0) is 23.7. The molecule has 1 atom stereocenters. The van der Waals surface area contributed by atoms with Crippen LogP contribution in [0.4, 0.5) is 11.8 Å². The Balaban J connectivity index is 2.41. The number of unbranched alkanes of at least 4 members (excludes halogenated alkanes) is 1. The summed E-state index contributed by atoms with van der Waals surface area (Å²) in [6, 6.07) is 7.82. The van der Waals surface area contributed by atoms with Crippen molar-refractivity contribution in [2.75, 3.05) is 30.2 Å². The molecule has 1 heterocycles. The van der Waals surface area contributed by atoms with Crippen LogP contribution in [0, 0.1) is 18.3 Å². The molecule has 0 amide bonds. The second-order valence-corrected chi connectivity index (χ2v) is 10.3. The second-order valence-electron chi connectivity index (χ2n) is 8.05. The molecule has 0 spiro atoms. The van der Waals surface area contributed by atoms with Gasteiger partial charge >= 0.3 is 0 Å². The number of hydrogen-bond donors (Lipinski definition) is 2. The molecule has 3 N–H and O–H groups in total. The van der Waals surface area contributed by atoms with Gasteiger partial charge in [-0.25, -0.2) is 13.4 Å². The Labute approximate surface area is 191 Å². The van der Waals surface area contributed by atoms with Gasteiger partial charge in [-0.2, -0.15) is 10.2 Å². The monoisotopic (exact) mass is 459 g/mol. The van der Waals surface area contributed by atoms with E-state index in [9.17, 15) is 8.42 Å². The highest BCUT2D eigenvalue weighted by Crippen LogP contribution is 2.28. The summed E-state index contributed by atoms with van der Waals surface area (Å²) in [5, 5.41) is 12.5. The molecule has 2 rings (SSSR count). The Bertz CT molecular complexity index is 1060. The van der Waals surface area contributed by atoms with Crippen LogP contribution in [0.2, 0.25) is 0 Å². The first-order valence-corrected chi connectivity index (χ1v) is 12.8. The maximum atomic E-state index is 11.7. The lowest BCUT2D eigenvalue weighted by Crippen LogP contribution is -2.25. The molecule has 32 heavy (non-hydrogen) atoms. The summed E-state index contributed by atoms with van der Waals surface area (Å²) in [5.41, 5.74) is 9.37. The van der Waals surface area contributed by atoms with Gasteiger partial charge in [0.15, 0.2) is 0 Å². The van der Waals surface area contributed by atoms with Gasteiger partial charge in [0.2, 0.25) is 5.95 Å². The van der Waals surface area contributed by atoms with Gasteiger partial charge in [-0.05, 0) is 37.0 Å². The predicted octanol–water partition coefficient (Wildman–Crippen LogP) is 3.44. The van der Waals surface area contributed by atoms with E-state index in [-0.39, 0.29) is 17.7 Å². The van der Waals surface area contributed by atoms with E-state index >= 15 is 0 Å². The molecule has 9 heteroatoms. The van der Waals surface area contributed by atoms with E-state index in [4.69, 9.17) is 15.7 Å². The molecule has 0 bridgehead atoms. The Morgan fingerprint density at radius 3 is 2.66 bits per heavy atom. The van der Waals surface area contributed by atoms with Crippen molar-refractivity contribution in [1.29, 1.82) is 5.26 Å². The van der Waals surface area contributed by atoms with Gasteiger partial charge in [-0.15, -0.1) is 0 Å². The number of aromatic nitrogens is 2. The average Bonchev–Trinajstić information content (AvgIpc) is 2.72. The summed E-state index contributed by atoms with van der Waals surface area (Å²) in [6.45, 7) is 3.98. The van der Waals surface area contributed by atoms with Gasteiger partial charge in [0.1, 0.15) is 21.4 Å². The first kappa shape index (κ1) is 25.4. The van der Waals surface area contributed by atoms with Crippen LogP contribution in [0.3, 0.4) is 0 Å². The minimum atomic E-state index is -3.07. The van der Waals surface area contributed by atoms with E-state index in [2.05, 4.69) is 28.3 Å². The normalized spacial score (nSPS) is 12.2. The fourth-order valence-corrected chi connectivity index (χ4v) is 4.31. The maximum absolute atomic E-state index is 11.7. The first-order valence-electron chi connectivity index (χ1n) is 10.8. The molecule has 1 aromatic heterocycles. The lowest BCUT2D eigenvalue weighted by molar-refractivity contribution is 0.410. The number of nitrogens with two attached hydrogens (primary N) is 1. The van der Waals surface area contributed by atoms with Gasteiger partial charge < -0.3 is 15.8 Å². The number of benzene rings is 1. The number of anilines is 2. The van der Waals surface area contributed by atoms with Crippen LogP contribution in [0.15, 0.2) is 18.2 Å². The number of nitrogens with zero attached hydrogens (tertiary/aromatic N) is 3. The van der Waals surface area contributed by atoms with Crippen LogP contribution in [-0.4, -0.2) is 43.5 Å². The van der Waals surface area contributed by atoms with Crippen molar-refractivity contribution in [3.63, 3.8) is 0 Å². The number of methoxy groups -OCH3 is 1. The quantitative estimate of drug-likeness (QED) is 0.493. The molecular weight excluding hydrogens is 426 g/mol. The third kappa shape index (κ3) is 7.68. The van der Waals surface area contributed by atoms with Crippen molar-refractivity contribution in [3.8, 4) is 11.8 Å². The lowest BCUT2D eigenvalue weighted by Gasteiger charge is -2.22. The average molecular weight is 460 g/mol. The van der Waals surface area contributed by atoms with E-state index in [0.717, 1.165) is 41.6 Å². The summed E-state index contributed by atoms with van der Waals surface area (Å²) in [7, 11) is -1.46. The highest BCUT2D eigenvalue weighted by atomic mass is 32.2. The fraction of sp³-hybridized carbons (Fsp3) is 0.522. The van der Waals surface area contributed by atoms with Gasteiger partial charge in [0.05, 0.1) is 25.4 Å². The second kappa shape index (κ2) is 11.7. The van der Waals surface area contributed by atoms with Crippen molar-refractivity contribution in [2.45, 2.75) is 58.4 Å². The van der Waals surface area contributed by atoms with Crippen LogP contribution in [0.1, 0.15) is 55.0 Å². The summed E-state index contributed by atoms with van der Waals surface area (Å²) in [6.07, 6.45) is 5.35. The molecule has 8 nitrogen and oxygen atoms in total. The molecule has 0 aliphatic heterocycles. The maximum Gasteiger partial charge on any atom is 0.222 e. The van der Waals surface area contributed by atoms with Gasteiger partial charge in [0.25, 0.3) is 0 Å². The number of ether oxygens (including phenoxy) is 1. The highest BCUT2D eigenvalue weighted by Gasteiger charge is 2.19. The van der Waals surface area contributed by atoms with E-state index in [1.165, 1.54) is 6.26 Å². The minimum absolute atomic E-state index is 0.0519. The molecular formula is C23H33N5O3S. The highest BCUT2D eigenvalue weighted by molar-refractivity contribution is 7.90. The van der Waals surface area contributed by atoms with Crippen LogP contribution in [0.25, 0.3) is 0 Å². The molecule has 0 unspecified atom stereocenters. The van der Waals surface area contributed by atoms with E-state index in [1.54, 1.807) is 7.11 Å². The topological polar surface area (TPSA) is 131 Å². The lowest BCUT2D eigenvalue weighted by atomic mass is 9.99. The largest absolute Gasteiger partial charge is 0.496 e. The predicted molar refractivity (Wildman–Crippen MR) is 128 cm³/mol. The van der Waals surface area contributed by atoms with E-state index in [0.29, 0.717) is 30.8 Å². The number of nitrogens with one attached hydrogen (secondary N) is 1. The van der Waals surface area contributed by atoms with Gasteiger partial charge in [0, 0.05) is 30.0 Å². The molecule has 0 aliphatic rings. The number of rotatable bonds is 12. The Morgan fingerprint density at radius 2 is 2.03 bits per heavy atom. The van der Waals surface area contributed by atoms with Gasteiger partial charge in [-0.3, -0.25) is 0 Å².